The van der Waals surface area contributed by atoms with Crippen molar-refractivity contribution in [3.63, 3.8) is 0 Å². The van der Waals surface area contributed by atoms with Gasteiger partial charge < -0.3 is 12.9 Å². The molecule has 2 N–H and O–H groups in total. The van der Waals surface area contributed by atoms with Crippen LogP contribution in [0, 0.1) is 11.8 Å². The molecule has 0 spiro atoms. The summed E-state index contributed by atoms with van der Waals surface area (Å²) in [6.45, 7) is 5.39. The summed E-state index contributed by atoms with van der Waals surface area (Å²) >= 11 is 0. The first-order valence-electron chi connectivity index (χ1n) is 13.6. The third kappa shape index (κ3) is 12.1. The van der Waals surface area contributed by atoms with E-state index in [9.17, 15) is 24.2 Å². The normalized spacial score (nSPS) is 13.7. The number of aryl methyl sites for hydroxylation is 1. The fraction of sp³-hybridized carbons (Fsp3) is 0.375. The average Bonchev–Trinajstić information content (AvgIpc) is 2.92. The number of anilines is 1. The Bertz CT molecular complexity index is 1270. The number of hydrogen-bond donors (Lipinski definition) is 2. The maximum Gasteiger partial charge on any atom is 1.00 e. The molecule has 3 rings (SSSR count). The zero-order valence-electron chi connectivity index (χ0n) is 27.1. The van der Waals surface area contributed by atoms with Crippen molar-refractivity contribution in [2.75, 3.05) is 17.2 Å². The second-order valence-electron chi connectivity index (χ2n) is 10.7. The van der Waals surface area contributed by atoms with E-state index in [-0.39, 0.29) is 80.2 Å². The van der Waals surface area contributed by atoms with E-state index < -0.39 is 31.2 Å². The molecule has 3 aromatic rings. The largest absolute Gasteiger partial charge is 1.00 e. The summed E-state index contributed by atoms with van der Waals surface area (Å²) < 4.78 is 13.3. The Morgan fingerprint density at radius 3 is 1.90 bits per heavy atom. The van der Waals surface area contributed by atoms with Crippen LogP contribution in [0.25, 0.3) is 11.1 Å². The van der Waals surface area contributed by atoms with Crippen molar-refractivity contribution in [2.45, 2.75) is 52.5 Å². The molecule has 212 valence electrons. The number of carboxylic acid groups (broad SMARTS) is 1. The molecule has 6 nitrogen and oxygen atoms in total. The molecule has 9 heteroatoms. The van der Waals surface area contributed by atoms with Gasteiger partial charge in [0.15, 0.2) is 0 Å². The molecular formula is C32H42NNa2O5P. The van der Waals surface area contributed by atoms with Gasteiger partial charge in [0.2, 0.25) is 13.3 Å². The van der Waals surface area contributed by atoms with Gasteiger partial charge >= 0.3 is 65.1 Å². The molecule has 0 fully saturated rings. The molecule has 0 radical (unpaired) electrons. The molecule has 0 aliphatic rings. The predicted molar refractivity (Wildman–Crippen MR) is 161 cm³/mol. The summed E-state index contributed by atoms with van der Waals surface area (Å²) in [5, 5.41) is 9.83. The smallest absolute Gasteiger partial charge is 1.00 e. The van der Waals surface area contributed by atoms with Gasteiger partial charge in [0, 0.05) is 23.9 Å². The number of unbranched alkanes of at least 4 members (excludes halogenated alkanes) is 1. The minimum absolute atomic E-state index is 0. The maximum atomic E-state index is 13.9. The zero-order chi connectivity index (χ0) is 28.4. The number of hydrogen-bond acceptors (Lipinski definition) is 3. The van der Waals surface area contributed by atoms with Crippen molar-refractivity contribution in [3.8, 4) is 11.1 Å². The van der Waals surface area contributed by atoms with Gasteiger partial charge in [-0.2, -0.15) is 0 Å². The zero-order valence-corrected chi connectivity index (χ0v) is 30.0. The minimum atomic E-state index is -3.61. The molecule has 0 aliphatic carbocycles. The van der Waals surface area contributed by atoms with Crippen LogP contribution in [0.2, 0.25) is 0 Å². The number of carboxylic acids is 1. The van der Waals surface area contributed by atoms with Gasteiger partial charge in [-0.3, -0.25) is 14.3 Å². The van der Waals surface area contributed by atoms with Crippen molar-refractivity contribution < 1.29 is 86.1 Å². The van der Waals surface area contributed by atoms with Gasteiger partial charge in [-0.1, -0.05) is 86.6 Å². The van der Waals surface area contributed by atoms with Crippen molar-refractivity contribution in [3.05, 3.63) is 90.5 Å². The van der Waals surface area contributed by atoms with E-state index in [1.54, 1.807) is 12.1 Å². The summed E-state index contributed by atoms with van der Waals surface area (Å²) in [6.07, 6.45) is 2.59. The summed E-state index contributed by atoms with van der Waals surface area (Å²) in [4.78, 5) is 38.1. The fourth-order valence-corrected chi connectivity index (χ4v) is 6.78. The predicted octanol–water partition coefficient (Wildman–Crippen LogP) is 1.35. The van der Waals surface area contributed by atoms with E-state index in [1.807, 2.05) is 86.6 Å². The van der Waals surface area contributed by atoms with Crippen molar-refractivity contribution in [2.24, 2.45) is 11.8 Å². The van der Waals surface area contributed by atoms with Crippen LogP contribution in [-0.2, 0) is 20.6 Å². The van der Waals surface area contributed by atoms with Gasteiger partial charge in [0.25, 0.3) is 0 Å². The molecule has 1 amide bonds. The molecule has 0 bridgehead atoms. The fourth-order valence-electron chi connectivity index (χ4n) is 4.88. The molecule has 0 aliphatic heterocycles. The minimum Gasteiger partial charge on any atom is -1.00 e. The van der Waals surface area contributed by atoms with Crippen LogP contribution in [0.5, 0.6) is 0 Å². The number of benzene rings is 3. The van der Waals surface area contributed by atoms with Crippen molar-refractivity contribution in [1.82, 2.24) is 0 Å². The van der Waals surface area contributed by atoms with Gasteiger partial charge in [-0.15, -0.1) is 0 Å². The molecule has 0 saturated carbocycles. The molecule has 0 aromatic heterocycles. The number of carbonyl (C=O) groups is 2. The standard InChI is InChI=1S/C32H40NO5P.2Na.2H/c1-24(2)22-29(23-39(37,38)21-11-10-14-26-12-6-4-7-13-26)31(34)33(25(3)32(35)36)30-19-17-28(18-20-30)27-15-8-5-9-16-27;;;;/h4-9,12-13,15-20,24-25,29H,10-11,14,21-23H2,1-3H3,(H,35,36)(H,37,38);;;;/q;2*+1;2*-1/t25-,29?;;;;/m0..../s1. The Hall–Kier alpha value is -1.21. The van der Waals surface area contributed by atoms with Crippen LogP contribution in [-0.4, -0.2) is 40.2 Å². The molecular weight excluding hydrogens is 555 g/mol. The monoisotopic (exact) mass is 597 g/mol. The summed E-state index contributed by atoms with van der Waals surface area (Å²) in [5.74, 6) is -2.22. The summed E-state index contributed by atoms with van der Waals surface area (Å²) in [6, 6.07) is 25.9. The number of amides is 1. The van der Waals surface area contributed by atoms with E-state index in [1.165, 1.54) is 17.4 Å². The maximum absolute atomic E-state index is 13.9. The first kappa shape index (κ1) is 37.8. The number of nitrogens with zero attached hydrogens (tertiary/aromatic N) is 1. The van der Waals surface area contributed by atoms with E-state index >= 15 is 0 Å². The van der Waals surface area contributed by atoms with Crippen molar-refractivity contribution >= 4 is 24.9 Å². The molecule has 41 heavy (non-hydrogen) atoms. The Kier molecular flexibility index (Phi) is 17.0. The molecule has 2 unspecified atom stereocenters. The quantitative estimate of drug-likeness (QED) is 0.166. The second kappa shape index (κ2) is 18.5. The Balaban J connectivity index is 0. The van der Waals surface area contributed by atoms with E-state index in [4.69, 9.17) is 0 Å². The first-order valence-corrected chi connectivity index (χ1v) is 15.7. The van der Waals surface area contributed by atoms with Crippen LogP contribution in [0.4, 0.5) is 5.69 Å². The third-order valence-corrected chi connectivity index (χ3v) is 8.94. The van der Waals surface area contributed by atoms with Gasteiger partial charge in [0.05, 0.1) is 0 Å². The summed E-state index contributed by atoms with van der Waals surface area (Å²) in [7, 11) is -3.61. The summed E-state index contributed by atoms with van der Waals surface area (Å²) in [5.41, 5.74) is 3.61. The number of rotatable bonds is 14. The number of carbonyl (C=O) groups excluding carboxylic acids is 1. The Morgan fingerprint density at radius 2 is 1.37 bits per heavy atom. The van der Waals surface area contributed by atoms with E-state index in [0.717, 1.165) is 24.0 Å². The van der Waals surface area contributed by atoms with Gasteiger partial charge in [0.1, 0.15) is 6.04 Å². The molecule has 3 aromatic carbocycles. The molecule has 3 atom stereocenters. The first-order chi connectivity index (χ1) is 18.6. The third-order valence-electron chi connectivity index (χ3n) is 6.91. The number of aliphatic carboxylic acids is 1. The Labute approximate surface area is 291 Å². The molecule has 0 heterocycles. The van der Waals surface area contributed by atoms with Crippen LogP contribution >= 0.6 is 7.37 Å². The average molecular weight is 598 g/mol. The topological polar surface area (TPSA) is 94.9 Å². The van der Waals surface area contributed by atoms with Gasteiger partial charge in [-0.05, 0) is 67.3 Å². The van der Waals surface area contributed by atoms with E-state index in [0.29, 0.717) is 18.5 Å². The second-order valence-corrected chi connectivity index (χ2v) is 13.2. The van der Waals surface area contributed by atoms with E-state index in [2.05, 4.69) is 0 Å². The Morgan fingerprint density at radius 1 is 0.829 bits per heavy atom. The van der Waals surface area contributed by atoms with Crippen LogP contribution < -0.4 is 64.0 Å². The van der Waals surface area contributed by atoms with Crippen LogP contribution in [0.3, 0.4) is 0 Å². The van der Waals surface area contributed by atoms with Gasteiger partial charge in [-0.25, -0.2) is 4.79 Å². The van der Waals surface area contributed by atoms with Crippen molar-refractivity contribution in [1.29, 1.82) is 0 Å². The van der Waals surface area contributed by atoms with Crippen LogP contribution in [0.15, 0.2) is 84.9 Å². The SMILES string of the molecule is CC(C)CC(CP(=O)(O)CCCCc1ccccc1)C(=O)N(c1ccc(-c2ccccc2)cc1)[C@@H](C)C(=O)O.[H-].[H-].[Na+].[Na+]. The van der Waals surface area contributed by atoms with Crippen LogP contribution in [0.1, 0.15) is 48.5 Å². The molecule has 0 saturated heterocycles.